The highest BCUT2D eigenvalue weighted by molar-refractivity contribution is 6.34. The molecule has 3 N–H and O–H groups in total. The standard InChI is InChI=1S/C15H16ClN7O/c1-2-3-4-14(24)19-13-6-5-11(7-12(13)16)18-9-10(8-17)15-20-22-23-21-15/h5-7,9,18H,2-4H2,1H3,(H,19,24)(H,20,21,22,23). The normalized spacial score (nSPS) is 11.0. The maximum atomic E-state index is 11.7. The van der Waals surface area contributed by atoms with Crippen LogP contribution in [0.5, 0.6) is 0 Å². The number of carbonyl (C=O) groups excluding carboxylic acids is 1. The smallest absolute Gasteiger partial charge is 0.224 e. The van der Waals surface area contributed by atoms with Gasteiger partial charge in [0.1, 0.15) is 11.6 Å². The number of H-pyrrole nitrogens is 1. The van der Waals surface area contributed by atoms with Crippen LogP contribution in [0.1, 0.15) is 32.0 Å². The van der Waals surface area contributed by atoms with Gasteiger partial charge in [-0.05, 0) is 29.8 Å². The van der Waals surface area contributed by atoms with E-state index in [9.17, 15) is 4.79 Å². The van der Waals surface area contributed by atoms with Crippen LogP contribution in [0, 0.1) is 11.3 Å². The minimum Gasteiger partial charge on any atom is -0.360 e. The zero-order valence-corrected chi connectivity index (χ0v) is 13.8. The lowest BCUT2D eigenvalue weighted by molar-refractivity contribution is -0.116. The van der Waals surface area contributed by atoms with E-state index in [0.717, 1.165) is 12.8 Å². The number of halogens is 1. The van der Waals surface area contributed by atoms with Crippen LogP contribution in [0.15, 0.2) is 24.4 Å². The first-order valence-electron chi connectivity index (χ1n) is 7.34. The number of hydrogen-bond donors (Lipinski definition) is 3. The molecule has 0 bridgehead atoms. The average molecular weight is 346 g/mol. The third-order valence-electron chi connectivity index (χ3n) is 3.09. The molecule has 0 saturated carbocycles. The summed E-state index contributed by atoms with van der Waals surface area (Å²) in [4.78, 5) is 11.7. The Labute approximate surface area is 143 Å². The Bertz CT molecular complexity index is 765. The number of nitrogens with zero attached hydrogens (tertiary/aromatic N) is 4. The molecular weight excluding hydrogens is 330 g/mol. The fourth-order valence-corrected chi connectivity index (χ4v) is 2.06. The quantitative estimate of drug-likeness (QED) is 0.663. The van der Waals surface area contributed by atoms with Gasteiger partial charge in [0.15, 0.2) is 0 Å². The molecule has 0 saturated heterocycles. The van der Waals surface area contributed by atoms with E-state index in [4.69, 9.17) is 16.9 Å². The van der Waals surface area contributed by atoms with E-state index >= 15 is 0 Å². The first-order chi connectivity index (χ1) is 11.6. The molecule has 1 aromatic carbocycles. The molecule has 0 aliphatic carbocycles. The Kier molecular flexibility index (Phi) is 6.28. The first kappa shape index (κ1) is 17.4. The summed E-state index contributed by atoms with van der Waals surface area (Å²) in [6, 6.07) is 7.06. The minimum atomic E-state index is -0.0665. The van der Waals surface area contributed by atoms with Crippen molar-refractivity contribution in [1.82, 2.24) is 20.6 Å². The Balaban J connectivity index is 2.04. The van der Waals surface area contributed by atoms with Crippen molar-refractivity contribution in [3.8, 4) is 6.07 Å². The van der Waals surface area contributed by atoms with Gasteiger partial charge in [0.05, 0.1) is 10.7 Å². The molecule has 0 unspecified atom stereocenters. The summed E-state index contributed by atoms with van der Waals surface area (Å²) >= 11 is 6.18. The summed E-state index contributed by atoms with van der Waals surface area (Å²) in [5.74, 6) is 0.124. The molecule has 0 aliphatic heterocycles. The van der Waals surface area contributed by atoms with Crippen molar-refractivity contribution in [2.75, 3.05) is 10.6 Å². The molecule has 1 heterocycles. The van der Waals surface area contributed by atoms with Crippen LogP contribution in [0.4, 0.5) is 11.4 Å². The molecule has 0 aliphatic rings. The molecule has 0 spiro atoms. The average Bonchev–Trinajstić information content (AvgIpc) is 3.10. The van der Waals surface area contributed by atoms with Crippen molar-refractivity contribution >= 4 is 34.5 Å². The van der Waals surface area contributed by atoms with E-state index in [-0.39, 0.29) is 17.3 Å². The molecule has 0 fully saturated rings. The monoisotopic (exact) mass is 345 g/mol. The molecule has 124 valence electrons. The van der Waals surface area contributed by atoms with Gasteiger partial charge in [-0.15, -0.1) is 10.2 Å². The Morgan fingerprint density at radius 1 is 1.50 bits per heavy atom. The predicted octanol–water partition coefficient (Wildman–Crippen LogP) is 2.96. The van der Waals surface area contributed by atoms with Crippen molar-refractivity contribution in [1.29, 1.82) is 5.26 Å². The molecule has 0 radical (unpaired) electrons. The van der Waals surface area contributed by atoms with Gasteiger partial charge in [-0.1, -0.05) is 24.9 Å². The number of nitriles is 1. The number of unbranched alkanes of at least 4 members (excludes halogenated alkanes) is 1. The minimum absolute atomic E-state index is 0.0665. The highest BCUT2D eigenvalue weighted by Gasteiger charge is 2.08. The van der Waals surface area contributed by atoms with Crippen LogP contribution in [-0.4, -0.2) is 26.5 Å². The summed E-state index contributed by atoms with van der Waals surface area (Å²) in [7, 11) is 0. The molecule has 1 aromatic heterocycles. The number of anilines is 2. The molecule has 0 atom stereocenters. The highest BCUT2D eigenvalue weighted by Crippen LogP contribution is 2.26. The maximum Gasteiger partial charge on any atom is 0.224 e. The van der Waals surface area contributed by atoms with Crippen molar-refractivity contribution in [3.05, 3.63) is 35.2 Å². The Morgan fingerprint density at radius 3 is 2.96 bits per heavy atom. The summed E-state index contributed by atoms with van der Waals surface area (Å²) in [5, 5.41) is 28.4. The molecule has 24 heavy (non-hydrogen) atoms. The number of nitrogens with one attached hydrogen (secondary N) is 3. The summed E-state index contributed by atoms with van der Waals surface area (Å²) < 4.78 is 0. The van der Waals surface area contributed by atoms with E-state index in [1.807, 2.05) is 13.0 Å². The van der Waals surface area contributed by atoms with Gasteiger partial charge in [-0.3, -0.25) is 4.79 Å². The van der Waals surface area contributed by atoms with Gasteiger partial charge in [-0.2, -0.15) is 10.5 Å². The summed E-state index contributed by atoms with van der Waals surface area (Å²) in [6.07, 6.45) is 3.71. The number of tetrazole rings is 1. The first-order valence-corrected chi connectivity index (χ1v) is 7.72. The molecule has 9 heteroatoms. The highest BCUT2D eigenvalue weighted by atomic mass is 35.5. The summed E-state index contributed by atoms with van der Waals surface area (Å²) in [6.45, 7) is 2.03. The largest absolute Gasteiger partial charge is 0.360 e. The number of hydrogen-bond acceptors (Lipinski definition) is 6. The van der Waals surface area contributed by atoms with Gasteiger partial charge >= 0.3 is 0 Å². The number of benzene rings is 1. The second kappa shape index (κ2) is 8.64. The second-order valence-electron chi connectivity index (χ2n) is 4.90. The SMILES string of the molecule is CCCCC(=O)Nc1ccc(NC=C(C#N)c2nn[nH]n2)cc1Cl. The molecule has 1 amide bonds. The van der Waals surface area contributed by atoms with Crippen LogP contribution >= 0.6 is 11.6 Å². The van der Waals surface area contributed by atoms with Crippen molar-refractivity contribution in [3.63, 3.8) is 0 Å². The van der Waals surface area contributed by atoms with E-state index < -0.39 is 0 Å². The lowest BCUT2D eigenvalue weighted by Gasteiger charge is -2.09. The van der Waals surface area contributed by atoms with Crippen LogP contribution in [0.2, 0.25) is 5.02 Å². The van der Waals surface area contributed by atoms with Crippen LogP contribution in [-0.2, 0) is 4.79 Å². The fraction of sp³-hybridized carbons (Fsp3) is 0.267. The summed E-state index contributed by atoms with van der Waals surface area (Å²) in [5.41, 5.74) is 1.42. The molecule has 2 aromatic rings. The van der Waals surface area contributed by atoms with Crippen LogP contribution in [0.25, 0.3) is 5.57 Å². The number of rotatable bonds is 7. The molecule has 8 nitrogen and oxygen atoms in total. The van der Waals surface area contributed by atoms with E-state index in [0.29, 0.717) is 22.8 Å². The van der Waals surface area contributed by atoms with Gasteiger partial charge in [0.2, 0.25) is 11.7 Å². The predicted molar refractivity (Wildman–Crippen MR) is 91.0 cm³/mol. The van der Waals surface area contributed by atoms with Crippen molar-refractivity contribution in [2.24, 2.45) is 0 Å². The zero-order chi connectivity index (χ0) is 17.4. The molecule has 2 rings (SSSR count). The number of allylic oxidation sites excluding steroid dienone is 1. The van der Waals surface area contributed by atoms with E-state index in [2.05, 4.69) is 31.3 Å². The Morgan fingerprint density at radius 2 is 2.33 bits per heavy atom. The van der Waals surface area contributed by atoms with Crippen LogP contribution < -0.4 is 10.6 Å². The lowest BCUT2D eigenvalue weighted by atomic mass is 10.2. The molecular formula is C15H16ClN7O. The van der Waals surface area contributed by atoms with Crippen molar-refractivity contribution in [2.45, 2.75) is 26.2 Å². The topological polar surface area (TPSA) is 119 Å². The Hall–Kier alpha value is -2.92. The fourth-order valence-electron chi connectivity index (χ4n) is 1.83. The third-order valence-corrected chi connectivity index (χ3v) is 3.40. The van der Waals surface area contributed by atoms with Gasteiger partial charge in [-0.25, -0.2) is 0 Å². The van der Waals surface area contributed by atoms with Crippen LogP contribution in [0.3, 0.4) is 0 Å². The lowest BCUT2D eigenvalue weighted by Crippen LogP contribution is -2.11. The van der Waals surface area contributed by atoms with Crippen molar-refractivity contribution < 1.29 is 4.79 Å². The number of aromatic amines is 1. The third kappa shape index (κ3) is 4.79. The van der Waals surface area contributed by atoms with Gasteiger partial charge < -0.3 is 10.6 Å². The second-order valence-corrected chi connectivity index (χ2v) is 5.30. The van der Waals surface area contributed by atoms with E-state index in [1.165, 1.54) is 6.20 Å². The number of amides is 1. The van der Waals surface area contributed by atoms with E-state index in [1.54, 1.807) is 18.2 Å². The maximum absolute atomic E-state index is 11.7. The van der Waals surface area contributed by atoms with Gasteiger partial charge in [0, 0.05) is 18.3 Å². The number of carbonyl (C=O) groups is 1. The van der Waals surface area contributed by atoms with Gasteiger partial charge in [0.25, 0.3) is 0 Å². The zero-order valence-electron chi connectivity index (χ0n) is 13.0. The number of aromatic nitrogens is 4.